The minimum absolute atomic E-state index is 0.197. The number of imidazole rings is 1. The lowest BCUT2D eigenvalue weighted by Gasteiger charge is -2.16. The molecule has 22 heavy (non-hydrogen) atoms. The van der Waals surface area contributed by atoms with Gasteiger partial charge in [-0.25, -0.2) is 9.98 Å². The van der Waals surface area contributed by atoms with Crippen LogP contribution in [0.4, 0.5) is 0 Å². The SMILES string of the molecule is CCNC(=NCc1nc2ccccc2n1C)NC(C)COC. The third-order valence-corrected chi connectivity index (χ3v) is 3.40. The molecule has 0 amide bonds. The number of aryl methyl sites for hydroxylation is 1. The number of aliphatic imine (C=N–C) groups is 1. The molecule has 1 aromatic heterocycles. The summed E-state index contributed by atoms with van der Waals surface area (Å²) < 4.78 is 7.23. The molecule has 1 heterocycles. The molecule has 0 saturated heterocycles. The van der Waals surface area contributed by atoms with Crippen LogP contribution in [0.5, 0.6) is 0 Å². The monoisotopic (exact) mass is 303 g/mol. The number of fused-ring (bicyclic) bond motifs is 1. The van der Waals surface area contributed by atoms with Crippen LogP contribution in [-0.4, -0.2) is 41.8 Å². The second-order valence-corrected chi connectivity index (χ2v) is 5.27. The molecule has 0 spiro atoms. The molecule has 1 unspecified atom stereocenters. The molecule has 1 aromatic carbocycles. The van der Waals surface area contributed by atoms with E-state index < -0.39 is 0 Å². The first-order valence-electron chi connectivity index (χ1n) is 7.59. The first-order chi connectivity index (χ1) is 10.7. The van der Waals surface area contributed by atoms with Gasteiger partial charge in [0, 0.05) is 26.7 Å². The highest BCUT2D eigenvalue weighted by molar-refractivity contribution is 5.80. The third-order valence-electron chi connectivity index (χ3n) is 3.40. The average molecular weight is 303 g/mol. The Morgan fingerprint density at radius 2 is 2.18 bits per heavy atom. The van der Waals surface area contributed by atoms with Gasteiger partial charge in [0.1, 0.15) is 12.4 Å². The molecule has 2 aromatic rings. The molecule has 0 aliphatic carbocycles. The van der Waals surface area contributed by atoms with Crippen LogP contribution < -0.4 is 10.6 Å². The fraction of sp³-hybridized carbons (Fsp3) is 0.500. The largest absolute Gasteiger partial charge is 0.383 e. The van der Waals surface area contributed by atoms with Crippen molar-refractivity contribution in [3.63, 3.8) is 0 Å². The highest BCUT2D eigenvalue weighted by Gasteiger charge is 2.08. The summed E-state index contributed by atoms with van der Waals surface area (Å²) in [5.41, 5.74) is 2.12. The summed E-state index contributed by atoms with van der Waals surface area (Å²) in [5, 5.41) is 6.56. The van der Waals surface area contributed by atoms with Crippen molar-refractivity contribution in [2.24, 2.45) is 12.0 Å². The van der Waals surface area contributed by atoms with Crippen molar-refractivity contribution >= 4 is 17.0 Å². The molecular formula is C16H25N5O. The molecule has 0 radical (unpaired) electrons. The van der Waals surface area contributed by atoms with Crippen LogP contribution >= 0.6 is 0 Å². The predicted octanol–water partition coefficient (Wildman–Crippen LogP) is 1.66. The molecule has 0 saturated carbocycles. The Morgan fingerprint density at radius 3 is 2.86 bits per heavy atom. The number of para-hydroxylation sites is 2. The van der Waals surface area contributed by atoms with E-state index in [2.05, 4.69) is 38.2 Å². The summed E-state index contributed by atoms with van der Waals surface area (Å²) in [5.74, 6) is 1.72. The van der Waals surface area contributed by atoms with E-state index in [4.69, 9.17) is 4.74 Å². The van der Waals surface area contributed by atoms with Crippen LogP contribution in [-0.2, 0) is 18.3 Å². The molecule has 1 atom stereocenters. The van der Waals surface area contributed by atoms with Crippen molar-refractivity contribution in [3.8, 4) is 0 Å². The van der Waals surface area contributed by atoms with Crippen molar-refractivity contribution in [3.05, 3.63) is 30.1 Å². The number of nitrogens with one attached hydrogen (secondary N) is 2. The predicted molar refractivity (Wildman–Crippen MR) is 90.0 cm³/mol. The van der Waals surface area contributed by atoms with Gasteiger partial charge in [0.05, 0.1) is 17.6 Å². The van der Waals surface area contributed by atoms with Gasteiger partial charge in [-0.15, -0.1) is 0 Å². The Labute approximate surface area is 131 Å². The van der Waals surface area contributed by atoms with Crippen LogP contribution in [0.25, 0.3) is 11.0 Å². The molecule has 0 fully saturated rings. The smallest absolute Gasteiger partial charge is 0.191 e. The zero-order valence-corrected chi connectivity index (χ0v) is 13.8. The van der Waals surface area contributed by atoms with Crippen LogP contribution in [0.3, 0.4) is 0 Å². The summed E-state index contributed by atoms with van der Waals surface area (Å²) in [7, 11) is 3.72. The normalized spacial score (nSPS) is 13.4. The molecule has 2 rings (SSSR count). The fourth-order valence-corrected chi connectivity index (χ4v) is 2.33. The van der Waals surface area contributed by atoms with E-state index >= 15 is 0 Å². The van der Waals surface area contributed by atoms with E-state index in [0.29, 0.717) is 13.2 Å². The van der Waals surface area contributed by atoms with Gasteiger partial charge in [0.25, 0.3) is 0 Å². The van der Waals surface area contributed by atoms with E-state index in [-0.39, 0.29) is 6.04 Å². The number of ether oxygens (including phenoxy) is 1. The highest BCUT2D eigenvalue weighted by Crippen LogP contribution is 2.14. The van der Waals surface area contributed by atoms with Crippen LogP contribution in [0.2, 0.25) is 0 Å². The second kappa shape index (κ2) is 7.79. The van der Waals surface area contributed by atoms with Crippen molar-refractivity contribution in [1.82, 2.24) is 20.2 Å². The average Bonchev–Trinajstić information content (AvgIpc) is 2.82. The summed E-state index contributed by atoms with van der Waals surface area (Å²) in [6, 6.07) is 8.31. The molecule has 6 nitrogen and oxygen atoms in total. The van der Waals surface area contributed by atoms with Crippen molar-refractivity contribution in [2.75, 3.05) is 20.3 Å². The van der Waals surface area contributed by atoms with Crippen molar-refractivity contribution < 1.29 is 4.74 Å². The third kappa shape index (κ3) is 3.98. The van der Waals surface area contributed by atoms with Gasteiger partial charge in [-0.1, -0.05) is 12.1 Å². The van der Waals surface area contributed by atoms with Crippen LogP contribution in [0.15, 0.2) is 29.3 Å². The zero-order valence-electron chi connectivity index (χ0n) is 13.8. The Kier molecular flexibility index (Phi) is 5.77. The molecular weight excluding hydrogens is 278 g/mol. The number of benzene rings is 1. The molecule has 120 valence electrons. The summed E-state index contributed by atoms with van der Waals surface area (Å²) in [6.45, 7) is 6.09. The standard InChI is InChI=1S/C16H25N5O/c1-5-17-16(19-12(2)11-22-4)18-10-15-20-13-8-6-7-9-14(13)21(15)3/h6-9,12H,5,10-11H2,1-4H3,(H2,17,18,19). The van der Waals surface area contributed by atoms with Gasteiger partial charge in [0.2, 0.25) is 0 Å². The van der Waals surface area contributed by atoms with Gasteiger partial charge >= 0.3 is 0 Å². The Bertz CT molecular complexity index is 634. The van der Waals surface area contributed by atoms with E-state index in [1.807, 2.05) is 32.2 Å². The number of hydrogen-bond acceptors (Lipinski definition) is 3. The Morgan fingerprint density at radius 1 is 1.41 bits per heavy atom. The summed E-state index contributed by atoms with van der Waals surface area (Å²) >= 11 is 0. The van der Waals surface area contributed by atoms with Gasteiger partial charge in [-0.3, -0.25) is 0 Å². The highest BCUT2D eigenvalue weighted by atomic mass is 16.5. The van der Waals surface area contributed by atoms with Crippen LogP contribution in [0.1, 0.15) is 19.7 Å². The van der Waals surface area contributed by atoms with Crippen molar-refractivity contribution in [2.45, 2.75) is 26.4 Å². The number of aromatic nitrogens is 2. The fourth-order valence-electron chi connectivity index (χ4n) is 2.33. The number of guanidine groups is 1. The van der Waals surface area contributed by atoms with E-state index in [1.54, 1.807) is 7.11 Å². The first-order valence-corrected chi connectivity index (χ1v) is 7.59. The lowest BCUT2D eigenvalue weighted by molar-refractivity contribution is 0.179. The number of hydrogen-bond donors (Lipinski definition) is 2. The number of methoxy groups -OCH3 is 1. The molecule has 0 aliphatic rings. The van der Waals surface area contributed by atoms with Crippen LogP contribution in [0, 0.1) is 0 Å². The van der Waals surface area contributed by atoms with Gasteiger partial charge in [0.15, 0.2) is 5.96 Å². The Hall–Kier alpha value is -2.08. The number of nitrogens with zero attached hydrogens (tertiary/aromatic N) is 3. The second-order valence-electron chi connectivity index (χ2n) is 5.27. The van der Waals surface area contributed by atoms with Gasteiger partial charge in [-0.05, 0) is 26.0 Å². The van der Waals surface area contributed by atoms with E-state index in [0.717, 1.165) is 29.4 Å². The molecule has 6 heteroatoms. The minimum atomic E-state index is 0.197. The maximum absolute atomic E-state index is 5.14. The topological polar surface area (TPSA) is 63.5 Å². The number of rotatable bonds is 6. The van der Waals surface area contributed by atoms with Gasteiger partial charge < -0.3 is 19.9 Å². The maximum atomic E-state index is 5.14. The van der Waals surface area contributed by atoms with E-state index in [1.165, 1.54) is 0 Å². The first kappa shape index (κ1) is 16.3. The summed E-state index contributed by atoms with van der Waals surface area (Å²) in [4.78, 5) is 9.25. The molecule has 0 aliphatic heterocycles. The zero-order chi connectivity index (χ0) is 15.9. The quantitative estimate of drug-likeness (QED) is 0.629. The molecule has 0 bridgehead atoms. The minimum Gasteiger partial charge on any atom is -0.383 e. The summed E-state index contributed by atoms with van der Waals surface area (Å²) in [6.07, 6.45) is 0. The maximum Gasteiger partial charge on any atom is 0.191 e. The Balaban J connectivity index is 2.12. The lowest BCUT2D eigenvalue weighted by Crippen LogP contribution is -2.44. The van der Waals surface area contributed by atoms with Crippen molar-refractivity contribution in [1.29, 1.82) is 0 Å². The van der Waals surface area contributed by atoms with E-state index in [9.17, 15) is 0 Å². The molecule has 2 N–H and O–H groups in total. The lowest BCUT2D eigenvalue weighted by atomic mass is 10.3. The van der Waals surface area contributed by atoms with Gasteiger partial charge in [-0.2, -0.15) is 0 Å².